The van der Waals surface area contributed by atoms with Crippen molar-refractivity contribution in [1.82, 2.24) is 4.90 Å². The highest BCUT2D eigenvalue weighted by atomic mass is 16.5. The Labute approximate surface area is 216 Å². The van der Waals surface area contributed by atoms with Gasteiger partial charge in [-0.15, -0.1) is 0 Å². The molecule has 0 amide bonds. The van der Waals surface area contributed by atoms with Crippen LogP contribution in [0.3, 0.4) is 0 Å². The fraction of sp³-hybridized carbons (Fsp3) is 0.424. The maximum Gasteiger partial charge on any atom is 0.321 e. The number of carbonyl (C=O) groups is 1. The third kappa shape index (κ3) is 4.99. The molecule has 3 nitrogen and oxygen atoms in total. The predicted octanol–water partition coefficient (Wildman–Crippen LogP) is 6.66. The first-order valence-corrected chi connectivity index (χ1v) is 13.6. The Morgan fingerprint density at radius 3 is 2.06 bits per heavy atom. The van der Waals surface area contributed by atoms with E-state index in [9.17, 15) is 4.79 Å². The van der Waals surface area contributed by atoms with Gasteiger partial charge in [0.15, 0.2) is 0 Å². The first kappa shape index (κ1) is 24.8. The van der Waals surface area contributed by atoms with Gasteiger partial charge in [-0.1, -0.05) is 91.0 Å². The fourth-order valence-electron chi connectivity index (χ4n) is 6.61. The minimum Gasteiger partial charge on any atom is -0.461 e. The predicted molar refractivity (Wildman–Crippen MR) is 146 cm³/mol. The second-order valence-corrected chi connectivity index (χ2v) is 11.0. The van der Waals surface area contributed by atoms with Crippen molar-refractivity contribution in [2.75, 3.05) is 13.6 Å². The van der Waals surface area contributed by atoms with Gasteiger partial charge in [-0.3, -0.25) is 4.79 Å². The maximum absolute atomic E-state index is 13.9. The van der Waals surface area contributed by atoms with E-state index in [1.165, 1.54) is 24.8 Å². The van der Waals surface area contributed by atoms with Crippen molar-refractivity contribution in [1.29, 1.82) is 0 Å². The molecule has 3 aromatic carbocycles. The zero-order chi connectivity index (χ0) is 25.0. The van der Waals surface area contributed by atoms with Crippen LogP contribution in [0.5, 0.6) is 0 Å². The van der Waals surface area contributed by atoms with E-state index in [4.69, 9.17) is 4.74 Å². The molecule has 2 aliphatic rings. The summed E-state index contributed by atoms with van der Waals surface area (Å²) < 4.78 is 6.47. The van der Waals surface area contributed by atoms with Gasteiger partial charge in [0.05, 0.1) is 0 Å². The van der Waals surface area contributed by atoms with Gasteiger partial charge in [-0.25, -0.2) is 0 Å². The van der Waals surface area contributed by atoms with Crippen LogP contribution in [-0.2, 0) is 21.4 Å². The van der Waals surface area contributed by atoms with Crippen molar-refractivity contribution in [3.8, 4) is 0 Å². The monoisotopic (exact) mass is 481 g/mol. The molecule has 0 aliphatic heterocycles. The number of unbranched alkanes of at least 4 members (excludes halogenated alkanes) is 1. The zero-order valence-electron chi connectivity index (χ0n) is 21.7. The molecule has 3 heteroatoms. The summed E-state index contributed by atoms with van der Waals surface area (Å²) in [5, 5.41) is 0. The number of fused-ring (bicyclic) bond motifs is 2. The molecule has 3 aromatic rings. The van der Waals surface area contributed by atoms with Crippen LogP contribution in [0.15, 0.2) is 91.0 Å². The van der Waals surface area contributed by atoms with E-state index in [1.807, 2.05) is 67.6 Å². The Hall–Kier alpha value is -2.91. The van der Waals surface area contributed by atoms with E-state index >= 15 is 0 Å². The number of rotatable bonds is 10. The van der Waals surface area contributed by atoms with Crippen molar-refractivity contribution in [2.45, 2.75) is 63.0 Å². The lowest BCUT2D eigenvalue weighted by Gasteiger charge is -2.33. The number of benzene rings is 3. The van der Waals surface area contributed by atoms with E-state index in [1.54, 1.807) is 0 Å². The summed E-state index contributed by atoms with van der Waals surface area (Å²) in [5.74, 6) is 0.799. The van der Waals surface area contributed by atoms with Crippen molar-refractivity contribution >= 4 is 5.97 Å². The molecule has 0 N–H and O–H groups in total. The van der Waals surface area contributed by atoms with Gasteiger partial charge in [0.25, 0.3) is 0 Å². The fourth-order valence-corrected chi connectivity index (χ4v) is 6.61. The molecule has 2 aliphatic carbocycles. The van der Waals surface area contributed by atoms with Crippen LogP contribution in [0.25, 0.3) is 0 Å². The lowest BCUT2D eigenvalue weighted by Crippen LogP contribution is -2.41. The van der Waals surface area contributed by atoms with Crippen LogP contribution in [0, 0.1) is 11.8 Å². The Morgan fingerprint density at radius 1 is 0.861 bits per heavy atom. The largest absolute Gasteiger partial charge is 0.461 e. The second-order valence-electron chi connectivity index (χ2n) is 11.0. The summed E-state index contributed by atoms with van der Waals surface area (Å²) in [4.78, 5) is 16.5. The summed E-state index contributed by atoms with van der Waals surface area (Å²) >= 11 is 0. The van der Waals surface area contributed by atoms with E-state index in [-0.39, 0.29) is 12.1 Å². The molecule has 2 bridgehead atoms. The molecule has 0 saturated heterocycles. The van der Waals surface area contributed by atoms with Gasteiger partial charge in [-0.2, -0.15) is 0 Å². The first-order valence-electron chi connectivity index (χ1n) is 13.6. The van der Waals surface area contributed by atoms with Gasteiger partial charge in [-0.05, 0) is 81.6 Å². The Kier molecular flexibility index (Phi) is 7.57. The summed E-state index contributed by atoms with van der Waals surface area (Å²) in [7, 11) is 2.27. The van der Waals surface area contributed by atoms with Gasteiger partial charge in [0, 0.05) is 12.0 Å². The van der Waals surface area contributed by atoms with E-state index in [0.29, 0.717) is 17.9 Å². The molecule has 5 rings (SSSR count). The zero-order valence-corrected chi connectivity index (χ0v) is 21.7. The highest BCUT2D eigenvalue weighted by Gasteiger charge is 2.53. The molecule has 2 saturated carbocycles. The lowest BCUT2D eigenvalue weighted by molar-refractivity contribution is -0.156. The third-order valence-corrected chi connectivity index (χ3v) is 8.78. The molecular formula is C33H39NO2. The van der Waals surface area contributed by atoms with E-state index in [2.05, 4.69) is 42.3 Å². The number of carbonyl (C=O) groups excluding carboxylic acids is 1. The molecule has 0 radical (unpaired) electrons. The number of ether oxygens (including phenoxy) is 1. The number of aryl methyl sites for hydroxylation is 1. The average molecular weight is 482 g/mol. The third-order valence-electron chi connectivity index (χ3n) is 8.78. The van der Waals surface area contributed by atoms with Gasteiger partial charge < -0.3 is 9.64 Å². The molecule has 4 atom stereocenters. The smallest absolute Gasteiger partial charge is 0.321 e. The molecule has 36 heavy (non-hydrogen) atoms. The Morgan fingerprint density at radius 2 is 1.44 bits per heavy atom. The highest BCUT2D eigenvalue weighted by Crippen LogP contribution is 2.49. The van der Waals surface area contributed by atoms with E-state index in [0.717, 1.165) is 36.9 Å². The summed E-state index contributed by atoms with van der Waals surface area (Å²) in [6, 6.07) is 31.5. The maximum atomic E-state index is 13.9. The number of esters is 1. The number of nitrogens with zero attached hydrogens (tertiary/aromatic N) is 1. The average Bonchev–Trinajstić information content (AvgIpc) is 3.48. The first-order chi connectivity index (χ1) is 17.6. The van der Waals surface area contributed by atoms with Crippen LogP contribution < -0.4 is 0 Å². The number of hydrogen-bond donors (Lipinski definition) is 0. The molecule has 0 heterocycles. The molecule has 3 unspecified atom stereocenters. The van der Waals surface area contributed by atoms with Crippen molar-refractivity contribution in [2.24, 2.45) is 11.8 Å². The van der Waals surface area contributed by atoms with Gasteiger partial charge in [0.1, 0.15) is 11.5 Å². The van der Waals surface area contributed by atoms with Crippen LogP contribution >= 0.6 is 0 Å². The highest BCUT2D eigenvalue weighted by molar-refractivity contribution is 5.87. The van der Waals surface area contributed by atoms with Gasteiger partial charge in [0.2, 0.25) is 0 Å². The normalized spacial score (nSPS) is 23.2. The Bertz CT molecular complexity index is 1070. The quantitative estimate of drug-likeness (QED) is 0.240. The lowest BCUT2D eigenvalue weighted by atomic mass is 9.76. The van der Waals surface area contributed by atoms with Crippen molar-refractivity contribution in [3.63, 3.8) is 0 Å². The van der Waals surface area contributed by atoms with Crippen LogP contribution in [0.4, 0.5) is 0 Å². The topological polar surface area (TPSA) is 29.5 Å². The Balaban J connectivity index is 1.23. The van der Waals surface area contributed by atoms with Crippen molar-refractivity contribution in [3.05, 3.63) is 108 Å². The summed E-state index contributed by atoms with van der Waals surface area (Å²) in [5.41, 5.74) is 2.58. The molecule has 2 fully saturated rings. The standard InChI is InChI=1S/C33H39NO2/c1-33(27-17-8-4-9-18-27,28-19-10-5-11-20-28)32(35)36-31-26-21-22-29(31)30(24-26)34(2)23-13-12-16-25-14-6-3-7-15-25/h3-11,14-15,17-20,26,29-31H,12-13,16,21-24H2,1-2H3/t26?,29?,30-,31?/m1/s1. The van der Waals surface area contributed by atoms with Gasteiger partial charge >= 0.3 is 5.97 Å². The SMILES string of the molecule is CN(CCCCc1ccccc1)[C@@H]1CC2CCC1C2OC(=O)C(C)(c1ccccc1)c1ccccc1. The summed E-state index contributed by atoms with van der Waals surface area (Å²) in [6.07, 6.45) is 7.06. The minimum atomic E-state index is -0.816. The molecule has 188 valence electrons. The van der Waals surface area contributed by atoms with Crippen molar-refractivity contribution < 1.29 is 9.53 Å². The minimum absolute atomic E-state index is 0.0287. The van der Waals surface area contributed by atoms with Crippen LogP contribution in [0.2, 0.25) is 0 Å². The van der Waals surface area contributed by atoms with Crippen LogP contribution in [-0.4, -0.2) is 36.6 Å². The van der Waals surface area contributed by atoms with Crippen LogP contribution in [0.1, 0.15) is 55.7 Å². The molecule has 0 aromatic heterocycles. The summed E-state index contributed by atoms with van der Waals surface area (Å²) in [6.45, 7) is 3.13. The number of hydrogen-bond acceptors (Lipinski definition) is 3. The second kappa shape index (κ2) is 11.0. The molecule has 0 spiro atoms. The molecular weight excluding hydrogens is 442 g/mol. The van der Waals surface area contributed by atoms with E-state index < -0.39 is 5.41 Å².